The number of likely N-dealkylation sites (N-methyl/N-ethyl adjacent to an activating group) is 1. The van der Waals surface area contributed by atoms with Crippen molar-refractivity contribution in [2.45, 2.75) is 19.8 Å². The number of nitrogens with one attached hydrogen (secondary N) is 1. The molecule has 28 heavy (non-hydrogen) atoms. The molecular formula is C18H20FN3O6. The molecule has 0 atom stereocenters. The molecule has 1 heterocycles. The van der Waals surface area contributed by atoms with Crippen molar-refractivity contribution in [3.8, 4) is 0 Å². The van der Waals surface area contributed by atoms with E-state index in [0.717, 1.165) is 11.0 Å². The second kappa shape index (κ2) is 9.07. The molecule has 1 saturated heterocycles. The highest BCUT2D eigenvalue weighted by atomic mass is 19.1. The lowest BCUT2D eigenvalue weighted by molar-refractivity contribution is -0.143. The fourth-order valence-corrected chi connectivity index (χ4v) is 2.59. The minimum absolute atomic E-state index is 0.00404. The summed E-state index contributed by atoms with van der Waals surface area (Å²) < 4.78 is 18.8. The first kappa shape index (κ1) is 21.0. The molecule has 150 valence electrons. The third-order valence-corrected chi connectivity index (χ3v) is 3.95. The molecule has 1 N–H and O–H groups in total. The summed E-state index contributed by atoms with van der Waals surface area (Å²) in [6.07, 6.45) is 0.0934. The second-order valence-electron chi connectivity index (χ2n) is 6.25. The van der Waals surface area contributed by atoms with Crippen LogP contribution in [0.4, 0.5) is 14.9 Å². The lowest BCUT2D eigenvalue weighted by Crippen LogP contribution is -2.32. The first-order chi connectivity index (χ1) is 13.2. The normalized spacial score (nSPS) is 13.7. The maximum absolute atomic E-state index is 14.0. The molecule has 0 aliphatic carbocycles. The van der Waals surface area contributed by atoms with Gasteiger partial charge < -0.3 is 15.0 Å². The van der Waals surface area contributed by atoms with Crippen molar-refractivity contribution >= 4 is 35.3 Å². The minimum Gasteiger partial charge on any atom is -0.457 e. The Labute approximate surface area is 160 Å². The standard InChI is InChI=1S/C18H20FN3O6/c1-11(23)20-12-5-6-13(14(19)8-12)15(24)10-28-17(26)4-3-7-22-16(25)9-21(2)18(22)27/h5-6,8H,3-4,7,9-10H2,1-2H3,(H,20,23). The van der Waals surface area contributed by atoms with Gasteiger partial charge in [-0.3, -0.25) is 24.1 Å². The molecular weight excluding hydrogens is 373 g/mol. The number of halogens is 1. The molecule has 0 unspecified atom stereocenters. The lowest BCUT2D eigenvalue weighted by Gasteiger charge is -2.13. The van der Waals surface area contributed by atoms with E-state index in [4.69, 9.17) is 4.74 Å². The first-order valence-corrected chi connectivity index (χ1v) is 8.50. The van der Waals surface area contributed by atoms with Crippen LogP contribution >= 0.6 is 0 Å². The molecule has 1 aliphatic heterocycles. The number of Topliss-reactive ketones (excluding diaryl/α,β-unsaturated/α-hetero) is 1. The van der Waals surface area contributed by atoms with Gasteiger partial charge in [-0.05, 0) is 24.6 Å². The summed E-state index contributed by atoms with van der Waals surface area (Å²) in [6, 6.07) is 3.13. The van der Waals surface area contributed by atoms with Crippen molar-refractivity contribution in [1.82, 2.24) is 9.80 Å². The Kier molecular flexibility index (Phi) is 6.80. The third kappa shape index (κ3) is 5.35. The van der Waals surface area contributed by atoms with E-state index < -0.39 is 30.2 Å². The Morgan fingerprint density at radius 1 is 1.25 bits per heavy atom. The van der Waals surface area contributed by atoms with E-state index in [0.29, 0.717) is 0 Å². The average molecular weight is 393 g/mol. The Balaban J connectivity index is 1.78. The Morgan fingerprint density at radius 3 is 2.54 bits per heavy atom. The molecule has 1 fully saturated rings. The topological polar surface area (TPSA) is 113 Å². The predicted molar refractivity (Wildman–Crippen MR) is 95.0 cm³/mol. The van der Waals surface area contributed by atoms with Crippen molar-refractivity contribution in [2.75, 3.05) is 32.1 Å². The number of ketones is 1. The number of hydrogen-bond donors (Lipinski definition) is 1. The van der Waals surface area contributed by atoms with Crippen LogP contribution in [-0.4, -0.2) is 66.1 Å². The van der Waals surface area contributed by atoms with Gasteiger partial charge in [0.05, 0.1) is 5.56 Å². The Hall–Kier alpha value is -3.30. The summed E-state index contributed by atoms with van der Waals surface area (Å²) in [5.41, 5.74) is -0.0617. The lowest BCUT2D eigenvalue weighted by atomic mass is 10.1. The van der Waals surface area contributed by atoms with E-state index in [2.05, 4.69) is 5.32 Å². The zero-order valence-corrected chi connectivity index (χ0v) is 15.5. The highest BCUT2D eigenvalue weighted by Crippen LogP contribution is 2.15. The van der Waals surface area contributed by atoms with E-state index in [1.165, 1.54) is 31.0 Å². The van der Waals surface area contributed by atoms with Crippen LogP contribution in [-0.2, 0) is 19.1 Å². The molecule has 9 nitrogen and oxygen atoms in total. The molecule has 10 heteroatoms. The zero-order chi connectivity index (χ0) is 20.8. The van der Waals surface area contributed by atoms with E-state index in [9.17, 15) is 28.4 Å². The Morgan fingerprint density at radius 2 is 1.96 bits per heavy atom. The molecule has 0 aromatic heterocycles. The first-order valence-electron chi connectivity index (χ1n) is 8.50. The van der Waals surface area contributed by atoms with Gasteiger partial charge in [0.15, 0.2) is 6.61 Å². The van der Waals surface area contributed by atoms with E-state index in [1.807, 2.05) is 0 Å². The number of hydrogen-bond acceptors (Lipinski definition) is 6. The van der Waals surface area contributed by atoms with Gasteiger partial charge in [0, 0.05) is 32.6 Å². The average Bonchev–Trinajstić information content (AvgIpc) is 2.85. The number of urea groups is 1. The van der Waals surface area contributed by atoms with Crippen LogP contribution in [0.1, 0.15) is 30.1 Å². The van der Waals surface area contributed by atoms with Crippen LogP contribution in [0, 0.1) is 5.82 Å². The highest BCUT2D eigenvalue weighted by Gasteiger charge is 2.32. The number of benzene rings is 1. The van der Waals surface area contributed by atoms with Crippen molar-refractivity contribution in [3.63, 3.8) is 0 Å². The number of rotatable bonds is 8. The summed E-state index contributed by atoms with van der Waals surface area (Å²) in [5, 5.41) is 2.39. The van der Waals surface area contributed by atoms with Gasteiger partial charge in [-0.2, -0.15) is 0 Å². The largest absolute Gasteiger partial charge is 0.457 e. The summed E-state index contributed by atoms with van der Waals surface area (Å²) in [4.78, 5) is 60.3. The van der Waals surface area contributed by atoms with Crippen LogP contribution in [0.15, 0.2) is 18.2 Å². The van der Waals surface area contributed by atoms with Gasteiger partial charge in [0.2, 0.25) is 17.6 Å². The third-order valence-electron chi connectivity index (χ3n) is 3.95. The number of esters is 1. The van der Waals surface area contributed by atoms with Crippen LogP contribution in [0.5, 0.6) is 0 Å². The fourth-order valence-electron chi connectivity index (χ4n) is 2.59. The number of ether oxygens (including phenoxy) is 1. The van der Waals surface area contributed by atoms with Crippen LogP contribution in [0.3, 0.4) is 0 Å². The van der Waals surface area contributed by atoms with Crippen molar-refractivity contribution in [1.29, 1.82) is 0 Å². The summed E-state index contributed by atoms with van der Waals surface area (Å²) in [6.45, 7) is 0.706. The number of nitrogens with zero attached hydrogens (tertiary/aromatic N) is 2. The highest BCUT2D eigenvalue weighted by molar-refractivity contribution is 6.02. The van der Waals surface area contributed by atoms with Gasteiger partial charge in [-0.15, -0.1) is 0 Å². The summed E-state index contributed by atoms with van der Waals surface area (Å²) >= 11 is 0. The van der Waals surface area contributed by atoms with E-state index in [-0.39, 0.29) is 49.0 Å². The van der Waals surface area contributed by atoms with Gasteiger partial charge in [0.25, 0.3) is 0 Å². The van der Waals surface area contributed by atoms with E-state index >= 15 is 0 Å². The summed E-state index contributed by atoms with van der Waals surface area (Å²) in [7, 11) is 1.50. The number of carbonyl (C=O) groups excluding carboxylic acids is 5. The molecule has 0 bridgehead atoms. The molecule has 0 spiro atoms. The molecule has 1 aliphatic rings. The van der Waals surface area contributed by atoms with Crippen LogP contribution in [0.2, 0.25) is 0 Å². The SMILES string of the molecule is CC(=O)Nc1ccc(C(=O)COC(=O)CCCN2C(=O)CN(C)C2=O)c(F)c1. The molecule has 2 rings (SSSR count). The molecule has 0 radical (unpaired) electrons. The second-order valence-corrected chi connectivity index (χ2v) is 6.25. The van der Waals surface area contributed by atoms with Crippen LogP contribution in [0.25, 0.3) is 0 Å². The van der Waals surface area contributed by atoms with Gasteiger partial charge in [-0.1, -0.05) is 0 Å². The van der Waals surface area contributed by atoms with Gasteiger partial charge in [0.1, 0.15) is 12.4 Å². The number of anilines is 1. The maximum Gasteiger partial charge on any atom is 0.326 e. The quantitative estimate of drug-likeness (QED) is 0.403. The van der Waals surface area contributed by atoms with Gasteiger partial charge in [-0.25, -0.2) is 9.18 Å². The number of carbonyl (C=O) groups is 5. The van der Waals surface area contributed by atoms with Crippen molar-refractivity contribution < 1.29 is 33.1 Å². The smallest absolute Gasteiger partial charge is 0.326 e. The zero-order valence-electron chi connectivity index (χ0n) is 15.5. The molecule has 1 aromatic rings. The maximum atomic E-state index is 14.0. The molecule has 0 saturated carbocycles. The van der Waals surface area contributed by atoms with Gasteiger partial charge >= 0.3 is 12.0 Å². The predicted octanol–water partition coefficient (Wildman–Crippen LogP) is 1.18. The van der Waals surface area contributed by atoms with E-state index in [1.54, 1.807) is 0 Å². The van der Waals surface area contributed by atoms with Crippen LogP contribution < -0.4 is 5.32 Å². The van der Waals surface area contributed by atoms with Crippen molar-refractivity contribution in [2.24, 2.45) is 0 Å². The minimum atomic E-state index is -0.845. The Bertz CT molecular complexity index is 826. The number of amides is 4. The molecule has 1 aromatic carbocycles. The fraction of sp³-hybridized carbons (Fsp3) is 0.389. The molecule has 4 amide bonds. The monoisotopic (exact) mass is 393 g/mol. The van der Waals surface area contributed by atoms with Crippen molar-refractivity contribution in [3.05, 3.63) is 29.6 Å². The summed E-state index contributed by atoms with van der Waals surface area (Å²) in [5.74, 6) is -2.99. The number of imide groups is 1.